The van der Waals surface area contributed by atoms with E-state index in [1.54, 1.807) is 0 Å². The molecule has 1 fully saturated rings. The lowest BCUT2D eigenvalue weighted by Gasteiger charge is -2.35. The Morgan fingerprint density at radius 1 is 1.00 bits per heavy atom. The number of aromatic nitrogens is 2. The maximum Gasteiger partial charge on any atom is 0.223 e. The predicted octanol–water partition coefficient (Wildman–Crippen LogP) is 4.45. The number of piperidine rings is 1. The van der Waals surface area contributed by atoms with Gasteiger partial charge < -0.3 is 9.80 Å². The van der Waals surface area contributed by atoms with Gasteiger partial charge in [-0.25, -0.2) is 9.97 Å². The Balaban J connectivity index is 1.69. The monoisotopic (exact) mass is 392 g/mol. The number of hydrogen-bond donors (Lipinski definition) is 0. The minimum Gasteiger partial charge on any atom is -0.356 e. The van der Waals surface area contributed by atoms with E-state index in [2.05, 4.69) is 37.8 Å². The van der Waals surface area contributed by atoms with Gasteiger partial charge in [0.1, 0.15) is 5.82 Å². The first kappa shape index (κ1) is 19.9. The Bertz CT molecular complexity index is 866. The molecule has 5 heteroatoms. The topological polar surface area (TPSA) is 49.3 Å². The molecule has 0 radical (unpaired) electrons. The van der Waals surface area contributed by atoms with Crippen LogP contribution >= 0.6 is 0 Å². The van der Waals surface area contributed by atoms with Crippen LogP contribution in [0.2, 0.25) is 0 Å². The largest absolute Gasteiger partial charge is 0.356 e. The number of carbonyl (C=O) groups excluding carboxylic acids is 1. The minimum atomic E-state index is 0.000721. The Kier molecular flexibility index (Phi) is 5.57. The lowest BCUT2D eigenvalue weighted by molar-refractivity contribution is -0.134. The van der Waals surface area contributed by atoms with Crippen LogP contribution in [0.15, 0.2) is 30.3 Å². The Labute approximate surface area is 174 Å². The van der Waals surface area contributed by atoms with Crippen molar-refractivity contribution in [2.75, 3.05) is 24.5 Å². The maximum atomic E-state index is 12.9. The van der Waals surface area contributed by atoms with E-state index >= 15 is 0 Å². The molecule has 2 aliphatic rings. The third-order valence-electron chi connectivity index (χ3n) is 5.76. The van der Waals surface area contributed by atoms with Crippen molar-refractivity contribution in [3.05, 3.63) is 41.6 Å². The second-order valence-electron chi connectivity index (χ2n) is 9.51. The van der Waals surface area contributed by atoms with Gasteiger partial charge in [0.15, 0.2) is 5.82 Å². The molecule has 2 aliphatic heterocycles. The fraction of sp³-hybridized carbons (Fsp3) is 0.542. The lowest BCUT2D eigenvalue weighted by atomic mass is 9.91. The summed E-state index contributed by atoms with van der Waals surface area (Å²) in [6.07, 6.45) is 5.06. The zero-order valence-corrected chi connectivity index (χ0v) is 17.9. The van der Waals surface area contributed by atoms with Crippen LogP contribution in [0.1, 0.15) is 57.7 Å². The van der Waals surface area contributed by atoms with E-state index in [-0.39, 0.29) is 11.3 Å². The van der Waals surface area contributed by atoms with Crippen LogP contribution in [0.3, 0.4) is 0 Å². The fourth-order valence-corrected chi connectivity index (χ4v) is 4.26. The average Bonchev–Trinajstić information content (AvgIpc) is 2.72. The van der Waals surface area contributed by atoms with Crippen molar-refractivity contribution in [3.63, 3.8) is 0 Å². The number of benzene rings is 1. The van der Waals surface area contributed by atoms with Crippen LogP contribution in [0, 0.1) is 5.41 Å². The van der Waals surface area contributed by atoms with E-state index in [9.17, 15) is 4.79 Å². The second-order valence-corrected chi connectivity index (χ2v) is 9.51. The molecule has 0 aliphatic carbocycles. The van der Waals surface area contributed by atoms with Gasteiger partial charge in [0, 0.05) is 43.6 Å². The molecule has 1 aromatic heterocycles. The quantitative estimate of drug-likeness (QED) is 0.774. The van der Waals surface area contributed by atoms with Crippen molar-refractivity contribution in [1.82, 2.24) is 14.9 Å². The number of amides is 1. The van der Waals surface area contributed by atoms with Gasteiger partial charge in [-0.1, -0.05) is 51.1 Å². The fourth-order valence-electron chi connectivity index (χ4n) is 4.26. The van der Waals surface area contributed by atoms with Crippen molar-refractivity contribution < 1.29 is 4.79 Å². The highest BCUT2D eigenvalue weighted by Crippen LogP contribution is 2.32. The van der Waals surface area contributed by atoms with Gasteiger partial charge >= 0.3 is 0 Å². The molecule has 0 N–H and O–H groups in total. The molecule has 3 heterocycles. The number of hydrogen-bond acceptors (Lipinski definition) is 4. The Morgan fingerprint density at radius 2 is 1.72 bits per heavy atom. The summed E-state index contributed by atoms with van der Waals surface area (Å²) in [5, 5.41) is 0. The summed E-state index contributed by atoms with van der Waals surface area (Å²) in [6.45, 7) is 9.81. The molecule has 154 valence electrons. The molecule has 0 spiro atoms. The van der Waals surface area contributed by atoms with Gasteiger partial charge in [-0.05, 0) is 24.7 Å². The zero-order chi connectivity index (χ0) is 20.4. The van der Waals surface area contributed by atoms with Gasteiger partial charge in [-0.2, -0.15) is 0 Å². The summed E-state index contributed by atoms with van der Waals surface area (Å²) in [4.78, 5) is 27.2. The van der Waals surface area contributed by atoms with E-state index in [1.807, 2.05) is 23.1 Å². The zero-order valence-electron chi connectivity index (χ0n) is 17.9. The second kappa shape index (κ2) is 8.13. The van der Waals surface area contributed by atoms with Crippen LogP contribution in [0.25, 0.3) is 11.4 Å². The van der Waals surface area contributed by atoms with E-state index in [0.717, 1.165) is 54.5 Å². The maximum absolute atomic E-state index is 12.9. The first-order chi connectivity index (χ1) is 13.9. The lowest BCUT2D eigenvalue weighted by Crippen LogP contribution is -2.40. The number of carbonyl (C=O) groups is 1. The molecular weight excluding hydrogens is 360 g/mol. The molecule has 5 nitrogen and oxygen atoms in total. The molecular formula is C24H32N4O. The van der Waals surface area contributed by atoms with Gasteiger partial charge in [0.25, 0.3) is 0 Å². The molecule has 29 heavy (non-hydrogen) atoms. The first-order valence-corrected chi connectivity index (χ1v) is 10.9. The molecule has 1 saturated heterocycles. The minimum absolute atomic E-state index is 0.000721. The van der Waals surface area contributed by atoms with Crippen LogP contribution in [-0.2, 0) is 17.8 Å². The number of anilines is 1. The van der Waals surface area contributed by atoms with E-state index in [0.29, 0.717) is 13.0 Å². The Morgan fingerprint density at radius 3 is 2.41 bits per heavy atom. The van der Waals surface area contributed by atoms with Crippen LogP contribution in [-0.4, -0.2) is 40.4 Å². The molecule has 4 rings (SSSR count). The van der Waals surface area contributed by atoms with Crippen molar-refractivity contribution in [2.24, 2.45) is 5.41 Å². The van der Waals surface area contributed by atoms with Crippen molar-refractivity contribution in [3.8, 4) is 11.4 Å². The molecule has 0 atom stereocenters. The van der Waals surface area contributed by atoms with Crippen LogP contribution < -0.4 is 4.90 Å². The SMILES string of the molecule is CC(C)(C)CC(=O)N1CCc2nc(-c3ccccc3)nc(N3CCCCC3)c2C1. The number of rotatable bonds is 3. The molecule has 1 amide bonds. The standard InChI is InChI=1S/C24H32N4O/c1-24(2,3)16-21(29)28-15-12-20-19(17-28)23(27-13-8-5-9-14-27)26-22(25-20)18-10-6-4-7-11-18/h4,6-7,10-11H,5,8-9,12-17H2,1-3H3. The molecule has 0 saturated carbocycles. The van der Waals surface area contributed by atoms with E-state index in [1.165, 1.54) is 19.3 Å². The summed E-state index contributed by atoms with van der Waals surface area (Å²) in [6, 6.07) is 10.2. The predicted molar refractivity (Wildman–Crippen MR) is 117 cm³/mol. The smallest absolute Gasteiger partial charge is 0.223 e. The van der Waals surface area contributed by atoms with Gasteiger partial charge in [-0.15, -0.1) is 0 Å². The summed E-state index contributed by atoms with van der Waals surface area (Å²) in [7, 11) is 0. The third-order valence-corrected chi connectivity index (χ3v) is 5.76. The highest BCUT2D eigenvalue weighted by molar-refractivity contribution is 5.77. The van der Waals surface area contributed by atoms with Crippen LogP contribution in [0.5, 0.6) is 0 Å². The summed E-state index contributed by atoms with van der Waals surface area (Å²) in [5.74, 6) is 2.08. The molecule has 2 aromatic rings. The number of nitrogens with zero attached hydrogens (tertiary/aromatic N) is 4. The van der Waals surface area contributed by atoms with E-state index < -0.39 is 0 Å². The molecule has 0 unspecified atom stereocenters. The molecule has 0 bridgehead atoms. The summed E-state index contributed by atoms with van der Waals surface area (Å²) >= 11 is 0. The van der Waals surface area contributed by atoms with Crippen molar-refractivity contribution in [1.29, 1.82) is 0 Å². The van der Waals surface area contributed by atoms with E-state index in [4.69, 9.17) is 9.97 Å². The summed E-state index contributed by atoms with van der Waals surface area (Å²) in [5.41, 5.74) is 3.32. The first-order valence-electron chi connectivity index (χ1n) is 10.9. The summed E-state index contributed by atoms with van der Waals surface area (Å²) < 4.78 is 0. The van der Waals surface area contributed by atoms with Gasteiger partial charge in [0.05, 0.1) is 12.2 Å². The van der Waals surface area contributed by atoms with Gasteiger partial charge in [0.2, 0.25) is 5.91 Å². The number of fused-ring (bicyclic) bond motifs is 1. The molecule has 1 aromatic carbocycles. The van der Waals surface area contributed by atoms with Crippen molar-refractivity contribution in [2.45, 2.75) is 59.4 Å². The highest BCUT2D eigenvalue weighted by atomic mass is 16.2. The highest BCUT2D eigenvalue weighted by Gasteiger charge is 2.29. The average molecular weight is 393 g/mol. The van der Waals surface area contributed by atoms with Crippen LogP contribution in [0.4, 0.5) is 5.82 Å². The third kappa shape index (κ3) is 4.60. The Hall–Kier alpha value is -2.43. The van der Waals surface area contributed by atoms with Gasteiger partial charge in [-0.3, -0.25) is 4.79 Å². The normalized spacial score (nSPS) is 17.2. The van der Waals surface area contributed by atoms with Crippen molar-refractivity contribution >= 4 is 11.7 Å².